The third-order valence-corrected chi connectivity index (χ3v) is 4.23. The Bertz CT molecular complexity index is 1100. The SMILES string of the molecule is c1cncc(-c2cccc(-c3cc4cc5occc5cc4o3)c2)c1. The standard InChI is InChI=1S/C21H13NO2/c1-3-14(17-5-2-7-22-13-17)9-15(4-1)20-12-18-11-19-16(6-8-23-19)10-21(18)24-20/h1-13H. The molecule has 0 bridgehead atoms. The lowest BCUT2D eigenvalue weighted by atomic mass is 10.0. The van der Waals surface area contributed by atoms with Gasteiger partial charge >= 0.3 is 0 Å². The van der Waals surface area contributed by atoms with Gasteiger partial charge in [-0.05, 0) is 42.0 Å². The highest BCUT2D eigenvalue weighted by Gasteiger charge is 2.10. The lowest BCUT2D eigenvalue weighted by molar-refractivity contribution is 0.615. The van der Waals surface area contributed by atoms with E-state index in [1.54, 1.807) is 12.5 Å². The molecule has 0 saturated carbocycles. The fourth-order valence-electron chi connectivity index (χ4n) is 3.02. The van der Waals surface area contributed by atoms with E-state index in [4.69, 9.17) is 8.83 Å². The fourth-order valence-corrected chi connectivity index (χ4v) is 3.02. The molecule has 0 saturated heterocycles. The van der Waals surface area contributed by atoms with Crippen LogP contribution in [0, 0.1) is 0 Å². The Hall–Kier alpha value is -3.33. The maximum atomic E-state index is 6.07. The van der Waals surface area contributed by atoms with Gasteiger partial charge in [-0.25, -0.2) is 0 Å². The van der Waals surface area contributed by atoms with Crippen molar-refractivity contribution in [2.75, 3.05) is 0 Å². The second-order valence-corrected chi connectivity index (χ2v) is 5.78. The molecule has 114 valence electrons. The van der Waals surface area contributed by atoms with Crippen molar-refractivity contribution in [3.63, 3.8) is 0 Å². The largest absolute Gasteiger partial charge is 0.464 e. The molecule has 0 spiro atoms. The molecule has 0 radical (unpaired) electrons. The highest BCUT2D eigenvalue weighted by Crippen LogP contribution is 2.32. The third-order valence-electron chi connectivity index (χ3n) is 4.23. The van der Waals surface area contributed by atoms with Crippen LogP contribution in [0.25, 0.3) is 44.4 Å². The van der Waals surface area contributed by atoms with Crippen LogP contribution in [0.3, 0.4) is 0 Å². The molecular weight excluding hydrogens is 298 g/mol. The smallest absolute Gasteiger partial charge is 0.135 e. The molecule has 0 amide bonds. The van der Waals surface area contributed by atoms with E-state index in [0.29, 0.717) is 0 Å². The predicted molar refractivity (Wildman–Crippen MR) is 94.7 cm³/mol. The Balaban J connectivity index is 1.64. The van der Waals surface area contributed by atoms with Crippen molar-refractivity contribution in [1.82, 2.24) is 4.98 Å². The number of nitrogens with zero attached hydrogens (tertiary/aromatic N) is 1. The minimum atomic E-state index is 0.850. The molecule has 0 fully saturated rings. The van der Waals surface area contributed by atoms with Gasteiger partial charge in [-0.3, -0.25) is 4.98 Å². The van der Waals surface area contributed by atoms with Crippen LogP contribution >= 0.6 is 0 Å². The normalized spacial score (nSPS) is 11.3. The van der Waals surface area contributed by atoms with Gasteiger partial charge in [-0.2, -0.15) is 0 Å². The number of rotatable bonds is 2. The van der Waals surface area contributed by atoms with Gasteiger partial charge in [0.1, 0.15) is 16.9 Å². The maximum absolute atomic E-state index is 6.07. The zero-order chi connectivity index (χ0) is 15.9. The van der Waals surface area contributed by atoms with E-state index in [1.807, 2.05) is 36.5 Å². The highest BCUT2D eigenvalue weighted by molar-refractivity contribution is 5.95. The number of hydrogen-bond acceptors (Lipinski definition) is 3. The van der Waals surface area contributed by atoms with Crippen LogP contribution in [0.4, 0.5) is 0 Å². The van der Waals surface area contributed by atoms with E-state index >= 15 is 0 Å². The second-order valence-electron chi connectivity index (χ2n) is 5.78. The van der Waals surface area contributed by atoms with Crippen LogP contribution in [-0.4, -0.2) is 4.98 Å². The molecule has 24 heavy (non-hydrogen) atoms. The number of pyridine rings is 1. The number of aromatic nitrogens is 1. The van der Waals surface area contributed by atoms with Gasteiger partial charge in [0.25, 0.3) is 0 Å². The summed E-state index contributed by atoms with van der Waals surface area (Å²) in [5.74, 6) is 0.850. The minimum absolute atomic E-state index is 0.850. The van der Waals surface area contributed by atoms with Crippen LogP contribution in [0.1, 0.15) is 0 Å². The molecule has 2 aromatic carbocycles. The van der Waals surface area contributed by atoms with Crippen molar-refractivity contribution in [2.24, 2.45) is 0 Å². The van der Waals surface area contributed by atoms with E-state index < -0.39 is 0 Å². The molecule has 5 aromatic rings. The summed E-state index contributed by atoms with van der Waals surface area (Å²) in [6.07, 6.45) is 5.34. The predicted octanol–water partition coefficient (Wildman–Crippen LogP) is 5.91. The van der Waals surface area contributed by atoms with Crippen LogP contribution in [0.2, 0.25) is 0 Å². The van der Waals surface area contributed by atoms with E-state index in [-0.39, 0.29) is 0 Å². The summed E-state index contributed by atoms with van der Waals surface area (Å²) < 4.78 is 11.5. The summed E-state index contributed by atoms with van der Waals surface area (Å²) in [5.41, 5.74) is 5.00. The molecule has 0 aliphatic rings. The van der Waals surface area contributed by atoms with Crippen LogP contribution in [-0.2, 0) is 0 Å². The first-order chi connectivity index (χ1) is 11.9. The van der Waals surface area contributed by atoms with Gasteiger partial charge in [0, 0.05) is 34.3 Å². The van der Waals surface area contributed by atoms with Crippen molar-refractivity contribution < 1.29 is 8.83 Å². The average Bonchev–Trinajstić information content (AvgIpc) is 3.26. The second kappa shape index (κ2) is 5.10. The Kier molecular flexibility index (Phi) is 2.79. The minimum Gasteiger partial charge on any atom is -0.464 e. The molecule has 0 N–H and O–H groups in total. The first-order valence-electron chi connectivity index (χ1n) is 7.78. The van der Waals surface area contributed by atoms with Crippen LogP contribution in [0.15, 0.2) is 88.2 Å². The first-order valence-corrected chi connectivity index (χ1v) is 7.78. The molecule has 3 heteroatoms. The molecule has 0 aliphatic carbocycles. The monoisotopic (exact) mass is 311 g/mol. The Morgan fingerprint density at radius 2 is 1.58 bits per heavy atom. The van der Waals surface area contributed by atoms with Crippen molar-refractivity contribution in [1.29, 1.82) is 0 Å². The van der Waals surface area contributed by atoms with Gasteiger partial charge < -0.3 is 8.83 Å². The molecule has 0 aliphatic heterocycles. The summed E-state index contributed by atoms with van der Waals surface area (Å²) in [6, 6.07) is 20.3. The van der Waals surface area contributed by atoms with Crippen LogP contribution < -0.4 is 0 Å². The molecule has 0 unspecified atom stereocenters. The van der Waals surface area contributed by atoms with E-state index in [0.717, 1.165) is 44.4 Å². The quantitative estimate of drug-likeness (QED) is 0.407. The van der Waals surface area contributed by atoms with E-state index in [2.05, 4.69) is 35.3 Å². The van der Waals surface area contributed by atoms with Gasteiger partial charge in [-0.15, -0.1) is 0 Å². The van der Waals surface area contributed by atoms with E-state index in [9.17, 15) is 0 Å². The molecule has 5 rings (SSSR count). The van der Waals surface area contributed by atoms with Crippen molar-refractivity contribution in [2.45, 2.75) is 0 Å². The molecule has 3 heterocycles. The Labute approximate surface area is 138 Å². The third kappa shape index (κ3) is 2.10. The summed E-state index contributed by atoms with van der Waals surface area (Å²) in [4.78, 5) is 4.19. The lowest BCUT2D eigenvalue weighted by Crippen LogP contribution is -1.80. The Morgan fingerprint density at radius 1 is 0.708 bits per heavy atom. The summed E-state index contributed by atoms with van der Waals surface area (Å²) in [7, 11) is 0. The molecule has 0 atom stereocenters. The van der Waals surface area contributed by atoms with Crippen LogP contribution in [0.5, 0.6) is 0 Å². The zero-order valence-corrected chi connectivity index (χ0v) is 12.8. The number of hydrogen-bond donors (Lipinski definition) is 0. The number of benzene rings is 2. The van der Waals surface area contributed by atoms with Gasteiger partial charge in [-0.1, -0.05) is 24.3 Å². The average molecular weight is 311 g/mol. The number of furan rings is 2. The van der Waals surface area contributed by atoms with Gasteiger partial charge in [0.15, 0.2) is 0 Å². The lowest BCUT2D eigenvalue weighted by Gasteiger charge is -2.03. The van der Waals surface area contributed by atoms with Crippen molar-refractivity contribution >= 4 is 21.9 Å². The van der Waals surface area contributed by atoms with Gasteiger partial charge in [0.2, 0.25) is 0 Å². The fraction of sp³-hybridized carbons (Fsp3) is 0. The summed E-state index contributed by atoms with van der Waals surface area (Å²) in [5, 5.41) is 2.09. The first kappa shape index (κ1) is 13.1. The van der Waals surface area contributed by atoms with Gasteiger partial charge in [0.05, 0.1) is 6.26 Å². The topological polar surface area (TPSA) is 39.2 Å². The molecular formula is C21H13NO2. The highest BCUT2D eigenvalue weighted by atomic mass is 16.3. The maximum Gasteiger partial charge on any atom is 0.135 e. The zero-order valence-electron chi connectivity index (χ0n) is 12.8. The molecule has 3 nitrogen and oxygen atoms in total. The number of fused-ring (bicyclic) bond motifs is 2. The summed E-state index contributed by atoms with van der Waals surface area (Å²) in [6.45, 7) is 0. The summed E-state index contributed by atoms with van der Waals surface area (Å²) >= 11 is 0. The Morgan fingerprint density at radius 3 is 2.50 bits per heavy atom. The van der Waals surface area contributed by atoms with Crippen molar-refractivity contribution in [3.8, 4) is 22.5 Å². The van der Waals surface area contributed by atoms with Crippen molar-refractivity contribution in [3.05, 3.63) is 79.3 Å². The molecule has 3 aromatic heterocycles. The van der Waals surface area contributed by atoms with E-state index in [1.165, 1.54) is 0 Å².